The molecule has 0 bridgehead atoms. The highest BCUT2D eigenvalue weighted by Gasteiger charge is 2.23. The lowest BCUT2D eigenvalue weighted by molar-refractivity contribution is -0.121. The number of thioether (sulfide) groups is 1. The maximum Gasteiger partial charge on any atom is 0.221 e. The van der Waals surface area contributed by atoms with Crippen molar-refractivity contribution >= 4 is 33.6 Å². The van der Waals surface area contributed by atoms with Gasteiger partial charge in [-0.15, -0.1) is 11.8 Å². The molecule has 0 aromatic heterocycles. The van der Waals surface area contributed by atoms with E-state index in [0.29, 0.717) is 13.0 Å². The summed E-state index contributed by atoms with van der Waals surface area (Å²) in [6.45, 7) is 0.625. The Labute approximate surface area is 160 Å². The van der Waals surface area contributed by atoms with Crippen molar-refractivity contribution < 1.29 is 14.3 Å². The van der Waals surface area contributed by atoms with E-state index in [1.54, 1.807) is 18.9 Å². The van der Waals surface area contributed by atoms with Crippen LogP contribution < -0.4 is 14.8 Å². The van der Waals surface area contributed by atoms with E-state index in [1.807, 2.05) is 42.5 Å². The third kappa shape index (κ3) is 4.92. The molecular weight excluding hydrogens is 402 g/mol. The summed E-state index contributed by atoms with van der Waals surface area (Å²) in [5.41, 5.74) is 1.04. The smallest absolute Gasteiger partial charge is 0.221 e. The molecule has 1 unspecified atom stereocenters. The number of amides is 1. The van der Waals surface area contributed by atoms with Crippen LogP contribution in [0.1, 0.15) is 24.4 Å². The number of nitrogens with one attached hydrogen (secondary N) is 1. The van der Waals surface area contributed by atoms with Crippen LogP contribution in [0.4, 0.5) is 0 Å². The highest BCUT2D eigenvalue weighted by molar-refractivity contribution is 9.10. The monoisotopic (exact) mass is 421 g/mol. The van der Waals surface area contributed by atoms with Gasteiger partial charge in [-0.2, -0.15) is 0 Å². The van der Waals surface area contributed by atoms with Gasteiger partial charge in [-0.3, -0.25) is 4.79 Å². The lowest BCUT2D eigenvalue weighted by Gasteiger charge is -2.27. The summed E-state index contributed by atoms with van der Waals surface area (Å²) < 4.78 is 11.8. The van der Waals surface area contributed by atoms with Gasteiger partial charge in [-0.05, 0) is 42.5 Å². The minimum Gasteiger partial charge on any atom is -0.497 e. The molecule has 1 heterocycles. The average molecular weight is 422 g/mol. The molecule has 6 heteroatoms. The summed E-state index contributed by atoms with van der Waals surface area (Å²) in [4.78, 5) is 13.4. The van der Waals surface area contributed by atoms with E-state index in [4.69, 9.17) is 9.47 Å². The van der Waals surface area contributed by atoms with Gasteiger partial charge in [0.05, 0.1) is 19.8 Å². The van der Waals surface area contributed by atoms with Gasteiger partial charge in [0, 0.05) is 33.5 Å². The molecule has 2 aromatic carbocycles. The third-order valence-corrected chi connectivity index (χ3v) is 5.51. The molecule has 3 rings (SSSR count). The van der Waals surface area contributed by atoms with E-state index in [0.717, 1.165) is 38.6 Å². The maximum atomic E-state index is 12.3. The van der Waals surface area contributed by atoms with Gasteiger partial charge in [0.1, 0.15) is 11.5 Å². The van der Waals surface area contributed by atoms with E-state index < -0.39 is 0 Å². The number of carbonyl (C=O) groups excluding carboxylic acids is 1. The zero-order valence-corrected chi connectivity index (χ0v) is 16.4. The van der Waals surface area contributed by atoms with Crippen molar-refractivity contribution in [3.05, 3.63) is 52.5 Å². The van der Waals surface area contributed by atoms with Gasteiger partial charge < -0.3 is 14.8 Å². The lowest BCUT2D eigenvalue weighted by atomic mass is 10.0. The maximum absolute atomic E-state index is 12.3. The Morgan fingerprint density at radius 3 is 2.88 bits per heavy atom. The number of carbonyl (C=O) groups is 1. The molecule has 0 saturated carbocycles. The van der Waals surface area contributed by atoms with Crippen LogP contribution in [0.2, 0.25) is 0 Å². The van der Waals surface area contributed by atoms with Gasteiger partial charge >= 0.3 is 0 Å². The highest BCUT2D eigenvalue weighted by atomic mass is 79.9. The Hall–Kier alpha value is -1.66. The van der Waals surface area contributed by atoms with Crippen LogP contribution in [0.15, 0.2) is 51.8 Å². The molecular formula is C19H20BrNO3S. The van der Waals surface area contributed by atoms with Gasteiger partial charge in [-0.1, -0.05) is 15.9 Å². The van der Waals surface area contributed by atoms with Crippen molar-refractivity contribution in [3.63, 3.8) is 0 Å². The summed E-state index contributed by atoms with van der Waals surface area (Å²) in [5, 5.41) is 3.13. The minimum atomic E-state index is 0.0136. The molecule has 0 aliphatic carbocycles. The van der Waals surface area contributed by atoms with Crippen LogP contribution in [-0.2, 0) is 4.79 Å². The topological polar surface area (TPSA) is 47.6 Å². The van der Waals surface area contributed by atoms with Crippen LogP contribution in [-0.4, -0.2) is 25.4 Å². The molecule has 0 fully saturated rings. The first kappa shape index (κ1) is 18.1. The minimum absolute atomic E-state index is 0.0136. The zero-order chi connectivity index (χ0) is 17.6. The first-order valence-electron chi connectivity index (χ1n) is 8.14. The molecule has 0 radical (unpaired) electrons. The quantitative estimate of drug-likeness (QED) is 0.693. The summed E-state index contributed by atoms with van der Waals surface area (Å²) >= 11 is 5.15. The Bertz CT molecular complexity index is 736. The fourth-order valence-corrected chi connectivity index (χ4v) is 3.95. The highest BCUT2D eigenvalue weighted by Crippen LogP contribution is 2.34. The van der Waals surface area contributed by atoms with Crippen molar-refractivity contribution in [2.45, 2.75) is 23.8 Å². The van der Waals surface area contributed by atoms with Crippen molar-refractivity contribution in [1.29, 1.82) is 0 Å². The lowest BCUT2D eigenvalue weighted by Crippen LogP contribution is -2.32. The SMILES string of the molecule is COc1ccc(SCCC(=O)NC2CCOc3ccc(Br)cc32)cc1. The van der Waals surface area contributed by atoms with E-state index in [2.05, 4.69) is 21.2 Å². The molecule has 0 spiro atoms. The van der Waals surface area contributed by atoms with Gasteiger partial charge in [0.25, 0.3) is 0 Å². The number of benzene rings is 2. The Morgan fingerprint density at radius 1 is 1.32 bits per heavy atom. The Morgan fingerprint density at radius 2 is 2.12 bits per heavy atom. The van der Waals surface area contributed by atoms with E-state index in [-0.39, 0.29) is 11.9 Å². The Balaban J connectivity index is 1.50. The summed E-state index contributed by atoms with van der Waals surface area (Å²) in [6, 6.07) is 13.8. The predicted octanol–water partition coefficient (Wildman–Crippen LogP) is 4.58. The number of ether oxygens (including phenoxy) is 2. The van der Waals surface area contributed by atoms with Gasteiger partial charge in [0.2, 0.25) is 5.91 Å². The molecule has 1 aliphatic heterocycles. The van der Waals surface area contributed by atoms with E-state index >= 15 is 0 Å². The second-order valence-corrected chi connectivity index (χ2v) is 7.80. The van der Waals surface area contributed by atoms with Gasteiger partial charge in [-0.25, -0.2) is 0 Å². The number of hydrogen-bond donors (Lipinski definition) is 1. The molecule has 1 amide bonds. The number of halogens is 1. The third-order valence-electron chi connectivity index (χ3n) is 4.00. The molecule has 1 N–H and O–H groups in total. The molecule has 2 aromatic rings. The van der Waals surface area contributed by atoms with Crippen molar-refractivity contribution in [2.24, 2.45) is 0 Å². The molecule has 25 heavy (non-hydrogen) atoms. The molecule has 1 atom stereocenters. The zero-order valence-electron chi connectivity index (χ0n) is 14.0. The summed E-state index contributed by atoms with van der Waals surface area (Å²) in [5.74, 6) is 2.50. The van der Waals surface area contributed by atoms with Crippen molar-refractivity contribution in [2.75, 3.05) is 19.5 Å². The summed E-state index contributed by atoms with van der Waals surface area (Å²) in [7, 11) is 1.65. The van der Waals surface area contributed by atoms with Crippen molar-refractivity contribution in [1.82, 2.24) is 5.32 Å². The second-order valence-electron chi connectivity index (χ2n) is 5.71. The molecule has 132 valence electrons. The molecule has 4 nitrogen and oxygen atoms in total. The largest absolute Gasteiger partial charge is 0.497 e. The van der Waals surface area contributed by atoms with Crippen LogP contribution in [0, 0.1) is 0 Å². The van der Waals surface area contributed by atoms with Crippen molar-refractivity contribution in [3.8, 4) is 11.5 Å². The van der Waals surface area contributed by atoms with Crippen LogP contribution >= 0.6 is 27.7 Å². The molecule has 0 saturated heterocycles. The molecule has 1 aliphatic rings. The average Bonchev–Trinajstić information content (AvgIpc) is 2.63. The van der Waals surface area contributed by atoms with E-state index in [1.165, 1.54) is 0 Å². The Kier molecular flexibility index (Phi) is 6.26. The predicted molar refractivity (Wildman–Crippen MR) is 103 cm³/mol. The normalized spacial score (nSPS) is 15.8. The van der Waals surface area contributed by atoms with Crippen LogP contribution in [0.5, 0.6) is 11.5 Å². The van der Waals surface area contributed by atoms with Crippen LogP contribution in [0.25, 0.3) is 0 Å². The number of fused-ring (bicyclic) bond motifs is 1. The number of hydrogen-bond acceptors (Lipinski definition) is 4. The van der Waals surface area contributed by atoms with Crippen LogP contribution in [0.3, 0.4) is 0 Å². The second kappa shape index (κ2) is 8.63. The first-order valence-corrected chi connectivity index (χ1v) is 9.92. The van der Waals surface area contributed by atoms with Gasteiger partial charge in [0.15, 0.2) is 0 Å². The summed E-state index contributed by atoms with van der Waals surface area (Å²) in [6.07, 6.45) is 1.28. The number of methoxy groups -OCH3 is 1. The van der Waals surface area contributed by atoms with E-state index in [9.17, 15) is 4.79 Å². The number of rotatable bonds is 6. The fraction of sp³-hybridized carbons (Fsp3) is 0.316. The first-order chi connectivity index (χ1) is 12.2. The standard InChI is InChI=1S/C19H20BrNO3S/c1-23-14-3-5-15(6-4-14)25-11-9-19(22)21-17-8-10-24-18-7-2-13(20)12-16(17)18/h2-7,12,17H,8-11H2,1H3,(H,21,22). The fourth-order valence-electron chi connectivity index (χ4n) is 2.72.